The third kappa shape index (κ3) is 5.24. The molecule has 1 saturated heterocycles. The van der Waals surface area contributed by atoms with Crippen LogP contribution in [0.2, 0.25) is 0 Å². The van der Waals surface area contributed by atoms with Crippen molar-refractivity contribution in [3.05, 3.63) is 35.4 Å². The van der Waals surface area contributed by atoms with E-state index < -0.39 is 0 Å². The highest BCUT2D eigenvalue weighted by molar-refractivity contribution is 5.79. The molecule has 0 saturated carbocycles. The van der Waals surface area contributed by atoms with Crippen LogP contribution in [-0.2, 0) is 10.2 Å². The molecule has 1 aromatic rings. The van der Waals surface area contributed by atoms with E-state index in [9.17, 15) is 0 Å². The van der Waals surface area contributed by atoms with Crippen LogP contribution in [0, 0.1) is 6.92 Å². The Bertz CT molecular complexity index is 519. The zero-order valence-corrected chi connectivity index (χ0v) is 15.0. The Kier molecular flexibility index (Phi) is 6.46. The van der Waals surface area contributed by atoms with Crippen LogP contribution in [0.3, 0.4) is 0 Å². The summed E-state index contributed by atoms with van der Waals surface area (Å²) in [6.45, 7) is 12.1. The summed E-state index contributed by atoms with van der Waals surface area (Å²) in [6.07, 6.45) is 2.63. The summed E-state index contributed by atoms with van der Waals surface area (Å²) in [5.41, 5.74) is 2.70. The van der Waals surface area contributed by atoms with E-state index in [-0.39, 0.29) is 5.41 Å². The smallest absolute Gasteiger partial charge is 0.191 e. The van der Waals surface area contributed by atoms with Crippen molar-refractivity contribution in [3.8, 4) is 0 Å². The molecule has 1 atom stereocenters. The van der Waals surface area contributed by atoms with Gasteiger partial charge in [-0.3, -0.25) is 4.99 Å². The number of rotatable bonds is 6. The molecule has 0 aliphatic carbocycles. The molecule has 1 aliphatic heterocycles. The van der Waals surface area contributed by atoms with Crippen molar-refractivity contribution in [3.63, 3.8) is 0 Å². The molecule has 1 aromatic carbocycles. The maximum Gasteiger partial charge on any atom is 0.191 e. The molecule has 0 spiro atoms. The minimum atomic E-state index is 0.0115. The number of ether oxygens (including phenoxy) is 1. The van der Waals surface area contributed by atoms with Crippen molar-refractivity contribution in [1.82, 2.24) is 10.6 Å². The van der Waals surface area contributed by atoms with Crippen LogP contribution in [0.1, 0.15) is 44.7 Å². The predicted molar refractivity (Wildman–Crippen MR) is 97.2 cm³/mol. The van der Waals surface area contributed by atoms with Crippen molar-refractivity contribution < 1.29 is 4.74 Å². The molecule has 2 rings (SSSR count). The third-order valence-corrected chi connectivity index (χ3v) is 4.37. The highest BCUT2D eigenvalue weighted by atomic mass is 16.5. The molecule has 128 valence electrons. The SMILES string of the molecule is CCNC(=NCC(C)(C)c1ccccc1C)NCC1CCCO1. The zero-order chi connectivity index (χ0) is 16.7. The summed E-state index contributed by atoms with van der Waals surface area (Å²) in [5, 5.41) is 6.74. The summed E-state index contributed by atoms with van der Waals surface area (Å²) in [5.74, 6) is 0.879. The van der Waals surface area contributed by atoms with Gasteiger partial charge in [0.05, 0.1) is 12.6 Å². The average molecular weight is 317 g/mol. The molecule has 1 unspecified atom stereocenters. The van der Waals surface area contributed by atoms with Crippen LogP contribution >= 0.6 is 0 Å². The Morgan fingerprint density at radius 2 is 2.09 bits per heavy atom. The van der Waals surface area contributed by atoms with Crippen LogP contribution in [0.25, 0.3) is 0 Å². The second kappa shape index (κ2) is 8.34. The Hall–Kier alpha value is -1.55. The number of hydrogen-bond acceptors (Lipinski definition) is 2. The van der Waals surface area contributed by atoms with Gasteiger partial charge in [-0.05, 0) is 37.8 Å². The summed E-state index contributed by atoms with van der Waals surface area (Å²) in [7, 11) is 0. The van der Waals surface area contributed by atoms with E-state index in [0.717, 1.165) is 38.6 Å². The monoisotopic (exact) mass is 317 g/mol. The van der Waals surface area contributed by atoms with Crippen LogP contribution < -0.4 is 10.6 Å². The maximum absolute atomic E-state index is 5.67. The lowest BCUT2D eigenvalue weighted by molar-refractivity contribution is 0.114. The molecule has 0 aromatic heterocycles. The van der Waals surface area contributed by atoms with Gasteiger partial charge in [0, 0.05) is 25.1 Å². The van der Waals surface area contributed by atoms with Crippen LogP contribution in [0.4, 0.5) is 0 Å². The van der Waals surface area contributed by atoms with Crippen LogP contribution in [-0.4, -0.2) is 38.3 Å². The van der Waals surface area contributed by atoms with Crippen LogP contribution in [0.15, 0.2) is 29.3 Å². The molecular weight excluding hydrogens is 286 g/mol. The Balaban J connectivity index is 1.99. The first-order chi connectivity index (χ1) is 11.0. The first-order valence-electron chi connectivity index (χ1n) is 8.73. The van der Waals surface area contributed by atoms with E-state index in [4.69, 9.17) is 9.73 Å². The van der Waals surface area contributed by atoms with Gasteiger partial charge in [0.25, 0.3) is 0 Å². The molecule has 1 aliphatic rings. The van der Waals surface area contributed by atoms with E-state index in [1.165, 1.54) is 17.5 Å². The fourth-order valence-corrected chi connectivity index (χ4v) is 3.05. The number of aliphatic imine (C=N–C) groups is 1. The lowest BCUT2D eigenvalue weighted by atomic mass is 9.82. The first kappa shape index (κ1) is 17.8. The molecule has 1 heterocycles. The number of guanidine groups is 1. The van der Waals surface area contributed by atoms with Crippen molar-refractivity contribution in [1.29, 1.82) is 0 Å². The number of aryl methyl sites for hydroxylation is 1. The van der Waals surface area contributed by atoms with Gasteiger partial charge in [0.2, 0.25) is 0 Å². The maximum atomic E-state index is 5.67. The van der Waals surface area contributed by atoms with E-state index >= 15 is 0 Å². The Labute approximate surface area is 140 Å². The van der Waals surface area contributed by atoms with Crippen LogP contribution in [0.5, 0.6) is 0 Å². The second-order valence-electron chi connectivity index (χ2n) is 6.91. The third-order valence-electron chi connectivity index (χ3n) is 4.37. The van der Waals surface area contributed by atoms with Gasteiger partial charge in [-0.25, -0.2) is 0 Å². The van der Waals surface area contributed by atoms with E-state index in [0.29, 0.717) is 6.10 Å². The molecule has 23 heavy (non-hydrogen) atoms. The molecule has 0 bridgehead atoms. The quantitative estimate of drug-likeness (QED) is 0.626. The highest BCUT2D eigenvalue weighted by Crippen LogP contribution is 2.26. The van der Waals surface area contributed by atoms with E-state index in [2.05, 4.69) is 62.6 Å². The summed E-state index contributed by atoms with van der Waals surface area (Å²) >= 11 is 0. The second-order valence-corrected chi connectivity index (χ2v) is 6.91. The standard InChI is InChI=1S/C19H31N3O/c1-5-20-18(21-13-16-10-8-12-23-16)22-14-19(3,4)17-11-7-6-9-15(17)2/h6-7,9,11,16H,5,8,10,12-14H2,1-4H3,(H2,20,21,22). The first-order valence-corrected chi connectivity index (χ1v) is 8.73. The molecule has 1 fully saturated rings. The largest absolute Gasteiger partial charge is 0.376 e. The van der Waals surface area contributed by atoms with Crippen molar-refractivity contribution in [2.24, 2.45) is 4.99 Å². The van der Waals surface area contributed by atoms with Gasteiger partial charge in [-0.1, -0.05) is 38.1 Å². The van der Waals surface area contributed by atoms with Gasteiger partial charge in [-0.15, -0.1) is 0 Å². The van der Waals surface area contributed by atoms with Gasteiger partial charge in [-0.2, -0.15) is 0 Å². The van der Waals surface area contributed by atoms with Crippen molar-refractivity contribution in [2.45, 2.75) is 52.1 Å². The lowest BCUT2D eigenvalue weighted by Gasteiger charge is -2.26. The lowest BCUT2D eigenvalue weighted by Crippen LogP contribution is -2.41. The average Bonchev–Trinajstić information content (AvgIpc) is 3.04. The van der Waals surface area contributed by atoms with Gasteiger partial charge >= 0.3 is 0 Å². The highest BCUT2D eigenvalue weighted by Gasteiger charge is 2.22. The number of benzene rings is 1. The predicted octanol–water partition coefficient (Wildman–Crippen LogP) is 3.01. The van der Waals surface area contributed by atoms with E-state index in [1.807, 2.05) is 0 Å². The molecule has 4 heteroatoms. The topological polar surface area (TPSA) is 45.7 Å². The Morgan fingerprint density at radius 1 is 1.30 bits per heavy atom. The van der Waals surface area contributed by atoms with E-state index in [1.54, 1.807) is 0 Å². The fraction of sp³-hybridized carbons (Fsp3) is 0.632. The zero-order valence-electron chi connectivity index (χ0n) is 15.0. The molecule has 0 radical (unpaired) electrons. The molecule has 4 nitrogen and oxygen atoms in total. The minimum Gasteiger partial charge on any atom is -0.376 e. The molecule has 0 amide bonds. The van der Waals surface area contributed by atoms with Gasteiger partial charge in [0.15, 0.2) is 5.96 Å². The summed E-state index contributed by atoms with van der Waals surface area (Å²) in [6, 6.07) is 8.57. The number of nitrogens with zero attached hydrogens (tertiary/aromatic N) is 1. The fourth-order valence-electron chi connectivity index (χ4n) is 3.05. The molecular formula is C19H31N3O. The summed E-state index contributed by atoms with van der Waals surface area (Å²) < 4.78 is 5.67. The van der Waals surface area contributed by atoms with Gasteiger partial charge in [0.1, 0.15) is 0 Å². The number of hydrogen-bond donors (Lipinski definition) is 2. The van der Waals surface area contributed by atoms with Crippen molar-refractivity contribution >= 4 is 5.96 Å². The Morgan fingerprint density at radius 3 is 2.74 bits per heavy atom. The number of nitrogens with one attached hydrogen (secondary N) is 2. The normalized spacial score (nSPS) is 19.0. The molecule has 2 N–H and O–H groups in total. The van der Waals surface area contributed by atoms with Crippen molar-refractivity contribution in [2.75, 3.05) is 26.2 Å². The minimum absolute atomic E-state index is 0.0115. The van der Waals surface area contributed by atoms with Gasteiger partial charge < -0.3 is 15.4 Å². The summed E-state index contributed by atoms with van der Waals surface area (Å²) in [4.78, 5) is 4.80.